The average molecular weight is 379 g/mol. The summed E-state index contributed by atoms with van der Waals surface area (Å²) >= 11 is 1.93. The van der Waals surface area contributed by atoms with E-state index >= 15 is 0 Å². The summed E-state index contributed by atoms with van der Waals surface area (Å²) in [5, 5.41) is 9.66. The standard InChI is InChI=1S/C16H26O6S2/c1-16(2,3)22-13-9-11(21-15(19)24-5)7-6-10(8-12(13)17)20-14(18)23-4/h6-7,10-13,17H,8-9H2,1-5H3/b7-6+. The molecule has 0 aromatic carbocycles. The van der Waals surface area contributed by atoms with Gasteiger partial charge in [-0.3, -0.25) is 0 Å². The van der Waals surface area contributed by atoms with E-state index < -0.39 is 40.6 Å². The maximum absolute atomic E-state index is 11.6. The minimum Gasteiger partial charge on any atom is -0.450 e. The van der Waals surface area contributed by atoms with Crippen LogP contribution in [-0.2, 0) is 14.2 Å². The van der Waals surface area contributed by atoms with E-state index in [1.807, 2.05) is 20.8 Å². The molecule has 24 heavy (non-hydrogen) atoms. The van der Waals surface area contributed by atoms with Gasteiger partial charge in [-0.25, -0.2) is 9.59 Å². The Morgan fingerprint density at radius 2 is 1.46 bits per heavy atom. The van der Waals surface area contributed by atoms with Crippen molar-refractivity contribution in [1.29, 1.82) is 0 Å². The highest BCUT2D eigenvalue weighted by Gasteiger charge is 2.33. The second-order valence-corrected chi connectivity index (χ2v) is 7.90. The number of hydrogen-bond acceptors (Lipinski definition) is 8. The molecule has 1 N–H and O–H groups in total. The van der Waals surface area contributed by atoms with Gasteiger partial charge in [0.15, 0.2) is 0 Å². The quantitative estimate of drug-likeness (QED) is 0.589. The molecular weight excluding hydrogens is 352 g/mol. The molecule has 0 aromatic rings. The number of hydrogen-bond donors (Lipinski definition) is 1. The highest BCUT2D eigenvalue weighted by Crippen LogP contribution is 2.25. The first-order valence-corrected chi connectivity index (χ1v) is 10.1. The van der Waals surface area contributed by atoms with Gasteiger partial charge in [0.2, 0.25) is 0 Å². The van der Waals surface area contributed by atoms with E-state index in [0.29, 0.717) is 6.42 Å². The van der Waals surface area contributed by atoms with Crippen molar-refractivity contribution < 1.29 is 28.9 Å². The van der Waals surface area contributed by atoms with Gasteiger partial charge in [-0.05, 0) is 69.0 Å². The lowest BCUT2D eigenvalue weighted by molar-refractivity contribution is -0.128. The van der Waals surface area contributed by atoms with Gasteiger partial charge in [-0.2, -0.15) is 0 Å². The summed E-state index contributed by atoms with van der Waals surface area (Å²) in [4.78, 5) is 23.1. The number of thioether (sulfide) groups is 2. The molecule has 6 nitrogen and oxygen atoms in total. The van der Waals surface area contributed by atoms with Crippen LogP contribution in [0.4, 0.5) is 9.59 Å². The van der Waals surface area contributed by atoms with Crippen LogP contribution in [0.25, 0.3) is 0 Å². The van der Waals surface area contributed by atoms with Crippen LogP contribution < -0.4 is 0 Å². The highest BCUT2D eigenvalue weighted by atomic mass is 32.2. The molecule has 0 saturated carbocycles. The number of carbonyl (C=O) groups excluding carboxylic acids is 2. The Kier molecular flexibility index (Phi) is 8.62. The van der Waals surface area contributed by atoms with E-state index in [1.54, 1.807) is 24.7 Å². The summed E-state index contributed by atoms with van der Waals surface area (Å²) in [5.74, 6) is 0. The Hall–Kier alpha value is -0.700. The van der Waals surface area contributed by atoms with E-state index in [-0.39, 0.29) is 6.42 Å². The fraction of sp³-hybridized carbons (Fsp3) is 0.750. The predicted octanol–water partition coefficient (Wildman–Crippen LogP) is 3.62. The minimum atomic E-state index is -0.843. The van der Waals surface area contributed by atoms with Crippen molar-refractivity contribution in [3.63, 3.8) is 0 Å². The molecule has 0 aromatic heterocycles. The lowest BCUT2D eigenvalue weighted by Gasteiger charge is -2.34. The first kappa shape index (κ1) is 21.3. The Morgan fingerprint density at radius 1 is 1.00 bits per heavy atom. The largest absolute Gasteiger partial charge is 0.450 e. The van der Waals surface area contributed by atoms with Crippen LogP contribution in [0.5, 0.6) is 0 Å². The Bertz CT molecular complexity index is 460. The Balaban J connectivity index is 2.94. The first-order valence-electron chi connectivity index (χ1n) is 7.68. The molecule has 0 fully saturated rings. The van der Waals surface area contributed by atoms with Crippen molar-refractivity contribution in [2.45, 2.75) is 63.6 Å². The molecule has 4 atom stereocenters. The number of aliphatic hydroxyl groups is 1. The topological polar surface area (TPSA) is 82.1 Å². The van der Waals surface area contributed by atoms with Gasteiger partial charge in [0, 0.05) is 12.8 Å². The van der Waals surface area contributed by atoms with E-state index in [9.17, 15) is 14.7 Å². The fourth-order valence-electron chi connectivity index (χ4n) is 2.28. The van der Waals surface area contributed by atoms with Crippen LogP contribution in [0.1, 0.15) is 33.6 Å². The van der Waals surface area contributed by atoms with E-state index in [4.69, 9.17) is 14.2 Å². The molecule has 0 aliphatic heterocycles. The molecular formula is C16H26O6S2. The van der Waals surface area contributed by atoms with Gasteiger partial charge in [-0.1, -0.05) is 0 Å². The Labute approximate surface area is 151 Å². The monoisotopic (exact) mass is 378 g/mol. The van der Waals surface area contributed by atoms with Crippen LogP contribution in [0.3, 0.4) is 0 Å². The summed E-state index contributed by atoms with van der Waals surface area (Å²) in [5.41, 5.74) is -0.464. The van der Waals surface area contributed by atoms with Crippen LogP contribution in [0.2, 0.25) is 0 Å². The van der Waals surface area contributed by atoms with Gasteiger partial charge in [0.1, 0.15) is 12.2 Å². The third-order valence-corrected chi connectivity index (χ3v) is 4.10. The van der Waals surface area contributed by atoms with Crippen molar-refractivity contribution in [2.75, 3.05) is 12.5 Å². The lowest BCUT2D eigenvalue weighted by Crippen LogP contribution is -2.42. The zero-order chi connectivity index (χ0) is 18.3. The number of carbonyl (C=O) groups is 2. The normalized spacial score (nSPS) is 29.2. The van der Waals surface area contributed by atoms with Gasteiger partial charge < -0.3 is 19.3 Å². The maximum Gasteiger partial charge on any atom is 0.367 e. The first-order chi connectivity index (χ1) is 11.1. The second kappa shape index (κ2) is 9.70. The van der Waals surface area contributed by atoms with Gasteiger partial charge in [0.05, 0.1) is 17.8 Å². The highest BCUT2D eigenvalue weighted by molar-refractivity contribution is 8.12. The van der Waals surface area contributed by atoms with Crippen molar-refractivity contribution in [1.82, 2.24) is 0 Å². The zero-order valence-electron chi connectivity index (χ0n) is 14.7. The lowest BCUT2D eigenvalue weighted by atomic mass is 9.96. The Morgan fingerprint density at radius 3 is 1.88 bits per heavy atom. The van der Waals surface area contributed by atoms with Crippen LogP contribution in [-0.4, -0.2) is 58.2 Å². The molecule has 138 valence electrons. The predicted molar refractivity (Wildman–Crippen MR) is 96.6 cm³/mol. The summed E-state index contributed by atoms with van der Waals surface area (Å²) in [6.07, 6.45) is 4.65. The van der Waals surface area contributed by atoms with Crippen molar-refractivity contribution in [2.24, 2.45) is 0 Å². The summed E-state index contributed by atoms with van der Waals surface area (Å²) in [7, 11) is 0. The summed E-state index contributed by atoms with van der Waals surface area (Å²) in [6, 6.07) is 0. The third-order valence-electron chi connectivity index (χ3n) is 3.24. The smallest absolute Gasteiger partial charge is 0.367 e. The number of aliphatic hydroxyl groups excluding tert-OH is 1. The van der Waals surface area contributed by atoms with E-state index in [0.717, 1.165) is 23.5 Å². The average Bonchev–Trinajstić information content (AvgIpc) is 2.48. The number of ether oxygens (including phenoxy) is 3. The van der Waals surface area contributed by atoms with E-state index in [2.05, 4.69) is 0 Å². The second-order valence-electron chi connectivity index (χ2n) is 6.41. The molecule has 1 aliphatic carbocycles. The molecule has 0 spiro atoms. The number of rotatable bonds is 3. The van der Waals surface area contributed by atoms with Crippen molar-refractivity contribution >= 4 is 34.1 Å². The van der Waals surface area contributed by atoms with Crippen molar-refractivity contribution in [3.8, 4) is 0 Å². The van der Waals surface area contributed by atoms with Crippen molar-refractivity contribution in [3.05, 3.63) is 12.2 Å². The summed E-state index contributed by atoms with van der Waals surface area (Å²) < 4.78 is 16.6. The molecule has 0 bridgehead atoms. The van der Waals surface area contributed by atoms with Crippen LogP contribution in [0.15, 0.2) is 12.2 Å². The molecule has 4 unspecified atom stereocenters. The molecule has 1 aliphatic rings. The molecule has 0 amide bonds. The van der Waals surface area contributed by atoms with E-state index in [1.165, 1.54) is 0 Å². The maximum atomic E-state index is 11.6. The van der Waals surface area contributed by atoms with Crippen LogP contribution in [0, 0.1) is 0 Å². The van der Waals surface area contributed by atoms with Gasteiger partial charge in [-0.15, -0.1) is 0 Å². The molecule has 0 radical (unpaired) electrons. The van der Waals surface area contributed by atoms with Crippen LogP contribution >= 0.6 is 23.5 Å². The third kappa shape index (κ3) is 7.92. The molecule has 8 heteroatoms. The minimum absolute atomic E-state index is 0.229. The summed E-state index contributed by atoms with van der Waals surface area (Å²) in [6.45, 7) is 5.67. The van der Waals surface area contributed by atoms with Gasteiger partial charge in [0.25, 0.3) is 0 Å². The molecule has 1 rings (SSSR count). The fourth-order valence-corrected chi connectivity index (χ4v) is 2.72. The molecule has 0 saturated heterocycles. The molecule has 0 heterocycles. The van der Waals surface area contributed by atoms with Gasteiger partial charge >= 0.3 is 10.6 Å². The zero-order valence-corrected chi connectivity index (χ0v) is 16.3. The SMILES string of the molecule is CSC(=O)OC1/C=C/C(OC(=O)SC)CC(OC(C)(C)C)C(O)C1.